The summed E-state index contributed by atoms with van der Waals surface area (Å²) in [6.07, 6.45) is 12.9. The molecule has 0 N–H and O–H groups in total. The molecule has 0 aromatic rings. The van der Waals surface area contributed by atoms with Gasteiger partial charge in [-0.15, -0.1) is 0 Å². The summed E-state index contributed by atoms with van der Waals surface area (Å²) in [4.78, 5) is 15.3. The Kier molecular flexibility index (Phi) is 5.35. The van der Waals surface area contributed by atoms with Crippen LogP contribution in [0.3, 0.4) is 0 Å². The van der Waals surface area contributed by atoms with Crippen LogP contribution >= 0.6 is 0 Å². The highest BCUT2D eigenvalue weighted by Crippen LogP contribution is 2.49. The van der Waals surface area contributed by atoms with E-state index in [9.17, 15) is 9.18 Å². The Morgan fingerprint density at radius 1 is 0.960 bits per heavy atom. The number of esters is 1. The summed E-state index contributed by atoms with van der Waals surface area (Å²) in [5.74, 6) is 0.927. The van der Waals surface area contributed by atoms with Gasteiger partial charge in [-0.05, 0) is 63.8 Å². The summed E-state index contributed by atoms with van der Waals surface area (Å²) < 4.78 is 20.0. The van der Waals surface area contributed by atoms with Gasteiger partial charge >= 0.3 is 5.97 Å². The third kappa shape index (κ3) is 3.61. The summed E-state index contributed by atoms with van der Waals surface area (Å²) >= 11 is 0. The standard InChI is InChI=1S/C21H34FNO2/c22-18-11-9-17(10-12-18)21(15-23-13-5-4-8-19(21)23)25-20(24)14-16-6-2-1-3-7-16/h16-19H,1-15H2/t17?,18?,19-,21+/m1/s1. The minimum Gasteiger partial charge on any atom is -0.456 e. The molecule has 0 bridgehead atoms. The molecule has 2 heterocycles. The predicted molar refractivity (Wildman–Crippen MR) is 96.1 cm³/mol. The minimum atomic E-state index is -0.645. The second-order valence-electron chi connectivity index (χ2n) is 9.07. The smallest absolute Gasteiger partial charge is 0.306 e. The van der Waals surface area contributed by atoms with Crippen LogP contribution in [0.1, 0.15) is 83.5 Å². The highest BCUT2D eigenvalue weighted by atomic mass is 19.1. The molecule has 0 spiro atoms. The SMILES string of the molecule is O=C(CC1CCCCC1)O[C@]1(C2CCC(F)CC2)CN2CCCC[C@@H]21. The zero-order valence-corrected chi connectivity index (χ0v) is 15.6. The van der Waals surface area contributed by atoms with Crippen LogP contribution in [-0.4, -0.2) is 41.8 Å². The second-order valence-corrected chi connectivity index (χ2v) is 9.07. The van der Waals surface area contributed by atoms with E-state index in [1.807, 2.05) is 0 Å². The maximum atomic E-state index is 13.7. The Labute approximate surface area is 151 Å². The topological polar surface area (TPSA) is 29.5 Å². The van der Waals surface area contributed by atoms with E-state index in [2.05, 4.69) is 4.90 Å². The molecule has 0 aromatic heterocycles. The van der Waals surface area contributed by atoms with Gasteiger partial charge in [-0.3, -0.25) is 9.69 Å². The van der Waals surface area contributed by atoms with Crippen LogP contribution in [0.4, 0.5) is 4.39 Å². The van der Waals surface area contributed by atoms with E-state index in [0.29, 0.717) is 37.1 Å². The van der Waals surface area contributed by atoms with Crippen molar-refractivity contribution in [3.8, 4) is 0 Å². The van der Waals surface area contributed by atoms with Crippen molar-refractivity contribution in [3.05, 3.63) is 0 Å². The lowest BCUT2D eigenvalue weighted by Crippen LogP contribution is -2.75. The number of carbonyl (C=O) groups is 1. The van der Waals surface area contributed by atoms with Gasteiger partial charge in [0.05, 0.1) is 6.04 Å². The molecule has 4 aliphatic rings. The molecule has 4 fully saturated rings. The van der Waals surface area contributed by atoms with Crippen molar-refractivity contribution in [3.63, 3.8) is 0 Å². The van der Waals surface area contributed by atoms with Crippen molar-refractivity contribution < 1.29 is 13.9 Å². The maximum absolute atomic E-state index is 13.7. The summed E-state index contributed by atoms with van der Waals surface area (Å²) in [6.45, 7) is 2.04. The zero-order chi connectivity index (χ0) is 17.3. The normalized spacial score (nSPS) is 40.1. The number of ether oxygens (including phenoxy) is 1. The van der Waals surface area contributed by atoms with Gasteiger partial charge in [0, 0.05) is 18.9 Å². The quantitative estimate of drug-likeness (QED) is 0.691. The molecule has 142 valence electrons. The van der Waals surface area contributed by atoms with Crippen molar-refractivity contribution >= 4 is 5.97 Å². The Bertz CT molecular complexity index is 471. The lowest BCUT2D eigenvalue weighted by molar-refractivity contribution is -0.230. The fourth-order valence-electron chi connectivity index (χ4n) is 6.05. The number of carbonyl (C=O) groups excluding carboxylic acids is 1. The maximum Gasteiger partial charge on any atom is 0.306 e. The second kappa shape index (κ2) is 7.54. The molecule has 0 radical (unpaired) electrons. The molecule has 4 rings (SSSR count). The summed E-state index contributed by atoms with van der Waals surface area (Å²) in [7, 11) is 0. The molecule has 0 aromatic carbocycles. The monoisotopic (exact) mass is 351 g/mol. The highest BCUT2D eigenvalue weighted by molar-refractivity contribution is 5.70. The first-order valence-electron chi connectivity index (χ1n) is 10.8. The average Bonchev–Trinajstić information content (AvgIpc) is 2.61. The van der Waals surface area contributed by atoms with Crippen LogP contribution < -0.4 is 0 Å². The van der Waals surface area contributed by atoms with Crippen LogP contribution in [0, 0.1) is 11.8 Å². The molecule has 25 heavy (non-hydrogen) atoms. The molecule has 0 amide bonds. The van der Waals surface area contributed by atoms with Gasteiger partial charge in [-0.1, -0.05) is 25.7 Å². The van der Waals surface area contributed by atoms with E-state index in [0.717, 1.165) is 32.4 Å². The molecular formula is C21H34FNO2. The first-order valence-corrected chi connectivity index (χ1v) is 10.8. The molecule has 2 atom stereocenters. The average molecular weight is 352 g/mol. The van der Waals surface area contributed by atoms with Gasteiger partial charge in [-0.2, -0.15) is 0 Å². The molecule has 2 aliphatic heterocycles. The fourth-order valence-corrected chi connectivity index (χ4v) is 6.05. The number of hydrogen-bond donors (Lipinski definition) is 0. The molecule has 0 unspecified atom stereocenters. The lowest BCUT2D eigenvalue weighted by Gasteiger charge is -2.62. The summed E-state index contributed by atoms with van der Waals surface area (Å²) in [6, 6.07) is 0.401. The van der Waals surface area contributed by atoms with E-state index in [4.69, 9.17) is 4.74 Å². The zero-order valence-electron chi connectivity index (χ0n) is 15.6. The van der Waals surface area contributed by atoms with Crippen molar-refractivity contribution in [2.24, 2.45) is 11.8 Å². The third-order valence-corrected chi connectivity index (χ3v) is 7.46. The fraction of sp³-hybridized carbons (Fsp3) is 0.952. The van der Waals surface area contributed by atoms with Crippen molar-refractivity contribution in [2.75, 3.05) is 13.1 Å². The number of fused-ring (bicyclic) bond motifs is 1. The van der Waals surface area contributed by atoms with E-state index >= 15 is 0 Å². The van der Waals surface area contributed by atoms with E-state index < -0.39 is 6.17 Å². The van der Waals surface area contributed by atoms with Crippen molar-refractivity contribution in [1.82, 2.24) is 4.90 Å². The van der Waals surface area contributed by atoms with E-state index in [1.54, 1.807) is 0 Å². The number of rotatable bonds is 4. The van der Waals surface area contributed by atoms with Gasteiger partial charge < -0.3 is 4.74 Å². The first kappa shape index (κ1) is 17.8. The first-order chi connectivity index (χ1) is 12.2. The summed E-state index contributed by atoms with van der Waals surface area (Å²) in [5.41, 5.74) is -0.299. The van der Waals surface area contributed by atoms with Crippen LogP contribution in [0.5, 0.6) is 0 Å². The van der Waals surface area contributed by atoms with Crippen LogP contribution in [-0.2, 0) is 9.53 Å². The number of alkyl halides is 1. The molecule has 2 aliphatic carbocycles. The number of piperidine rings is 1. The van der Waals surface area contributed by atoms with Crippen LogP contribution in [0.15, 0.2) is 0 Å². The van der Waals surface area contributed by atoms with Crippen LogP contribution in [0.25, 0.3) is 0 Å². The Morgan fingerprint density at radius 2 is 1.68 bits per heavy atom. The third-order valence-electron chi connectivity index (χ3n) is 7.46. The molecular weight excluding hydrogens is 317 g/mol. The predicted octanol–water partition coefficient (Wildman–Crippen LogP) is 4.64. The van der Waals surface area contributed by atoms with E-state index in [1.165, 1.54) is 44.9 Å². The summed E-state index contributed by atoms with van der Waals surface area (Å²) in [5, 5.41) is 0. The highest BCUT2D eigenvalue weighted by Gasteiger charge is 2.60. The molecule has 4 heteroatoms. The minimum absolute atomic E-state index is 0.0273. The Hall–Kier alpha value is -0.640. The van der Waals surface area contributed by atoms with Gasteiger partial charge in [-0.25, -0.2) is 4.39 Å². The van der Waals surface area contributed by atoms with Gasteiger partial charge in [0.2, 0.25) is 0 Å². The Balaban J connectivity index is 1.43. The largest absolute Gasteiger partial charge is 0.456 e. The molecule has 3 nitrogen and oxygen atoms in total. The van der Waals surface area contributed by atoms with Crippen LogP contribution in [0.2, 0.25) is 0 Å². The Morgan fingerprint density at radius 3 is 2.40 bits per heavy atom. The number of nitrogens with zero attached hydrogens (tertiary/aromatic N) is 1. The van der Waals surface area contributed by atoms with E-state index in [-0.39, 0.29) is 11.6 Å². The molecule has 2 saturated heterocycles. The molecule has 2 saturated carbocycles. The van der Waals surface area contributed by atoms with Gasteiger partial charge in [0.1, 0.15) is 11.8 Å². The van der Waals surface area contributed by atoms with Gasteiger partial charge in [0.15, 0.2) is 0 Å². The van der Waals surface area contributed by atoms with Gasteiger partial charge in [0.25, 0.3) is 0 Å². The van der Waals surface area contributed by atoms with Crippen molar-refractivity contribution in [2.45, 2.75) is 101 Å². The lowest BCUT2D eigenvalue weighted by atomic mass is 9.65. The van der Waals surface area contributed by atoms with Crippen molar-refractivity contribution in [1.29, 1.82) is 0 Å². The number of halogens is 1. The number of hydrogen-bond acceptors (Lipinski definition) is 3.